The number of allylic oxidation sites excluding steroid dienone is 1. The largest absolute Gasteiger partial charge is 0.288 e. The first-order valence-electron chi connectivity index (χ1n) is 8.38. The van der Waals surface area contributed by atoms with Gasteiger partial charge in [-0.2, -0.15) is 4.39 Å². The monoisotopic (exact) mass is 321 g/mol. The zero-order valence-corrected chi connectivity index (χ0v) is 13.8. The summed E-state index contributed by atoms with van der Waals surface area (Å²) < 4.78 is 14.4. The van der Waals surface area contributed by atoms with Crippen molar-refractivity contribution in [2.45, 2.75) is 32.6 Å². The van der Waals surface area contributed by atoms with Gasteiger partial charge in [0.15, 0.2) is 5.78 Å². The number of halogens is 1. The summed E-state index contributed by atoms with van der Waals surface area (Å²) in [6, 6.07) is 14.8. The quantitative estimate of drug-likeness (QED) is 0.513. The van der Waals surface area contributed by atoms with E-state index >= 15 is 0 Å². The smallest absolute Gasteiger partial charge is 0.224 e. The van der Waals surface area contributed by atoms with Crippen molar-refractivity contribution in [3.8, 4) is 0 Å². The second kappa shape index (κ2) is 7.35. The normalized spacial score (nSPS) is 15.3. The number of hydrogen-bond donors (Lipinski definition) is 0. The minimum Gasteiger partial charge on any atom is -0.288 e. The molecule has 0 amide bonds. The molecular formula is C21H20FNO. The Bertz CT molecular complexity index is 806. The Kier molecular flexibility index (Phi) is 4.99. The average Bonchev–Trinajstić information content (AvgIpc) is 2.59. The number of unbranched alkanes of at least 4 members (excludes halogenated alkanes) is 2. The summed E-state index contributed by atoms with van der Waals surface area (Å²) >= 11 is 0. The van der Waals surface area contributed by atoms with Crippen molar-refractivity contribution >= 4 is 23.5 Å². The van der Waals surface area contributed by atoms with Crippen LogP contribution in [0.15, 0.2) is 59.1 Å². The Morgan fingerprint density at radius 3 is 2.58 bits per heavy atom. The first kappa shape index (κ1) is 16.3. The second-order valence-corrected chi connectivity index (χ2v) is 5.97. The molecule has 0 aromatic heterocycles. The third kappa shape index (κ3) is 3.35. The number of carbonyl (C=O) groups is 1. The van der Waals surface area contributed by atoms with E-state index in [-0.39, 0.29) is 11.4 Å². The first-order chi connectivity index (χ1) is 11.7. The summed E-state index contributed by atoms with van der Waals surface area (Å²) in [6.45, 7) is 2.14. The predicted molar refractivity (Wildman–Crippen MR) is 96.6 cm³/mol. The Morgan fingerprint density at radius 2 is 1.83 bits per heavy atom. The summed E-state index contributed by atoms with van der Waals surface area (Å²) in [6.07, 6.45) is 5.65. The number of nitrogens with zero attached hydrogens (tertiary/aromatic N) is 1. The van der Waals surface area contributed by atoms with Crippen molar-refractivity contribution in [3.05, 3.63) is 70.8 Å². The molecule has 2 nitrogen and oxygen atoms in total. The fourth-order valence-corrected chi connectivity index (χ4v) is 2.95. The van der Waals surface area contributed by atoms with E-state index in [1.807, 2.05) is 42.5 Å². The maximum Gasteiger partial charge on any atom is 0.224 e. The van der Waals surface area contributed by atoms with E-state index in [0.717, 1.165) is 36.8 Å². The van der Waals surface area contributed by atoms with Crippen LogP contribution in [0.5, 0.6) is 0 Å². The van der Waals surface area contributed by atoms with Gasteiger partial charge in [0.2, 0.25) is 5.97 Å². The highest BCUT2D eigenvalue weighted by atomic mass is 19.1. The Hall–Kier alpha value is -2.55. The number of Topliss-reactive ketones (excluding diaryl/α,β-unsaturated/α-hetero) is 1. The van der Waals surface area contributed by atoms with Crippen LogP contribution in [0.4, 0.5) is 10.1 Å². The van der Waals surface area contributed by atoms with Crippen molar-refractivity contribution in [1.29, 1.82) is 0 Å². The summed E-state index contributed by atoms with van der Waals surface area (Å²) in [5.74, 6) is -0.976. The topological polar surface area (TPSA) is 29.4 Å². The van der Waals surface area contributed by atoms with E-state index < -0.39 is 5.97 Å². The highest BCUT2D eigenvalue weighted by Crippen LogP contribution is 2.33. The number of rotatable bonds is 5. The lowest BCUT2D eigenvalue weighted by Gasteiger charge is -2.17. The van der Waals surface area contributed by atoms with E-state index in [2.05, 4.69) is 11.9 Å². The Balaban J connectivity index is 2.00. The van der Waals surface area contributed by atoms with E-state index in [1.165, 1.54) is 0 Å². The van der Waals surface area contributed by atoms with Crippen LogP contribution in [0.3, 0.4) is 0 Å². The first-order valence-corrected chi connectivity index (χ1v) is 8.38. The SMILES string of the molecule is CCCCCc1cccc2c1C(=O)C(=Cc1ccccc1)C(F)=N2. The summed E-state index contributed by atoms with van der Waals surface area (Å²) in [5, 5.41) is 0. The molecule has 0 bridgehead atoms. The molecule has 3 rings (SSSR count). The van der Waals surface area contributed by atoms with Crippen LogP contribution < -0.4 is 0 Å². The number of carbonyl (C=O) groups excluding carboxylic acids is 1. The van der Waals surface area contributed by atoms with Crippen LogP contribution in [0.25, 0.3) is 6.08 Å². The molecule has 0 unspecified atom stereocenters. The molecule has 0 saturated carbocycles. The summed E-state index contributed by atoms with van der Waals surface area (Å²) in [4.78, 5) is 16.9. The molecule has 1 aliphatic rings. The van der Waals surface area contributed by atoms with Gasteiger partial charge >= 0.3 is 0 Å². The van der Waals surface area contributed by atoms with E-state index in [9.17, 15) is 9.18 Å². The van der Waals surface area contributed by atoms with Crippen LogP contribution in [-0.4, -0.2) is 11.7 Å². The van der Waals surface area contributed by atoms with E-state index in [0.29, 0.717) is 11.3 Å². The molecule has 0 spiro atoms. The molecule has 3 heteroatoms. The summed E-state index contributed by atoms with van der Waals surface area (Å²) in [7, 11) is 0. The lowest BCUT2D eigenvalue weighted by Crippen LogP contribution is -2.16. The van der Waals surface area contributed by atoms with Crippen LogP contribution in [0.2, 0.25) is 0 Å². The van der Waals surface area contributed by atoms with Gasteiger partial charge in [-0.25, -0.2) is 4.99 Å². The fourth-order valence-electron chi connectivity index (χ4n) is 2.95. The Morgan fingerprint density at radius 1 is 1.04 bits per heavy atom. The molecule has 0 aliphatic carbocycles. The molecule has 0 fully saturated rings. The standard InChI is InChI=1S/C21H20FNO/c1-2-3-5-11-16-12-8-13-18-19(16)20(24)17(21(22)23-18)14-15-9-6-4-7-10-15/h4,6-10,12-14H,2-3,5,11H2,1H3. The van der Waals surface area contributed by atoms with Gasteiger partial charge in [0.1, 0.15) is 0 Å². The van der Waals surface area contributed by atoms with Gasteiger partial charge in [-0.15, -0.1) is 0 Å². The van der Waals surface area contributed by atoms with E-state index in [1.54, 1.807) is 12.1 Å². The minimum absolute atomic E-state index is 0.0386. The zero-order valence-electron chi connectivity index (χ0n) is 13.8. The van der Waals surface area contributed by atoms with Crippen LogP contribution >= 0.6 is 0 Å². The van der Waals surface area contributed by atoms with Crippen molar-refractivity contribution in [1.82, 2.24) is 0 Å². The van der Waals surface area contributed by atoms with Crippen molar-refractivity contribution in [2.24, 2.45) is 4.99 Å². The lowest BCUT2D eigenvalue weighted by atomic mass is 9.91. The molecule has 0 saturated heterocycles. The molecule has 1 heterocycles. The van der Waals surface area contributed by atoms with Crippen molar-refractivity contribution < 1.29 is 9.18 Å². The molecule has 2 aromatic rings. The lowest BCUT2D eigenvalue weighted by molar-refractivity contribution is 0.103. The minimum atomic E-state index is -0.706. The molecule has 2 aromatic carbocycles. The molecule has 1 aliphatic heterocycles. The third-order valence-electron chi connectivity index (χ3n) is 4.20. The highest BCUT2D eigenvalue weighted by Gasteiger charge is 2.28. The average molecular weight is 321 g/mol. The number of aliphatic imine (C=N–C) groups is 1. The number of aryl methyl sites for hydroxylation is 1. The highest BCUT2D eigenvalue weighted by molar-refractivity contribution is 6.32. The van der Waals surface area contributed by atoms with Gasteiger partial charge < -0.3 is 0 Å². The van der Waals surface area contributed by atoms with E-state index in [4.69, 9.17) is 0 Å². The maximum absolute atomic E-state index is 14.4. The fraction of sp³-hybridized carbons (Fsp3) is 0.238. The van der Waals surface area contributed by atoms with Gasteiger partial charge in [-0.05, 0) is 36.1 Å². The van der Waals surface area contributed by atoms with Crippen LogP contribution in [0.1, 0.15) is 47.7 Å². The van der Waals surface area contributed by atoms with Crippen LogP contribution in [-0.2, 0) is 6.42 Å². The van der Waals surface area contributed by atoms with Crippen LogP contribution in [0, 0.1) is 0 Å². The number of fused-ring (bicyclic) bond motifs is 1. The van der Waals surface area contributed by atoms with Gasteiger partial charge in [-0.1, -0.05) is 62.2 Å². The summed E-state index contributed by atoms with van der Waals surface area (Å²) in [5.41, 5.74) is 2.78. The molecule has 122 valence electrons. The molecule has 0 atom stereocenters. The Labute approximate surface area is 141 Å². The molecule has 0 radical (unpaired) electrons. The van der Waals surface area contributed by atoms with Gasteiger partial charge in [0.05, 0.1) is 16.8 Å². The van der Waals surface area contributed by atoms with Crippen molar-refractivity contribution in [3.63, 3.8) is 0 Å². The maximum atomic E-state index is 14.4. The number of hydrogen-bond acceptors (Lipinski definition) is 2. The van der Waals surface area contributed by atoms with Gasteiger partial charge in [0.25, 0.3) is 0 Å². The van der Waals surface area contributed by atoms with Gasteiger partial charge in [-0.3, -0.25) is 4.79 Å². The second-order valence-electron chi connectivity index (χ2n) is 5.97. The van der Waals surface area contributed by atoms with Crippen molar-refractivity contribution in [2.75, 3.05) is 0 Å². The zero-order chi connectivity index (χ0) is 16.9. The third-order valence-corrected chi connectivity index (χ3v) is 4.20. The number of benzene rings is 2. The molecular weight excluding hydrogens is 301 g/mol. The number of ketones is 1. The molecule has 0 N–H and O–H groups in total. The predicted octanol–water partition coefficient (Wildman–Crippen LogP) is 5.70. The van der Waals surface area contributed by atoms with Gasteiger partial charge in [0, 0.05) is 0 Å². The molecule has 24 heavy (non-hydrogen) atoms.